The minimum absolute atomic E-state index is 0.0216. The first-order chi connectivity index (χ1) is 12.3. The maximum atomic E-state index is 14.3. The van der Waals surface area contributed by atoms with E-state index in [9.17, 15) is 19.1 Å². The number of benzene rings is 1. The zero-order chi connectivity index (χ0) is 19.0. The molecule has 0 saturated carbocycles. The van der Waals surface area contributed by atoms with Crippen LogP contribution in [0.25, 0.3) is 10.9 Å². The number of carboxylic acids is 1. The Labute approximate surface area is 150 Å². The van der Waals surface area contributed by atoms with Crippen LogP contribution >= 0.6 is 0 Å². The summed E-state index contributed by atoms with van der Waals surface area (Å²) in [4.78, 5) is 28.2. The number of methoxy groups -OCH3 is 1. The highest BCUT2D eigenvalue weighted by atomic mass is 19.1. The van der Waals surface area contributed by atoms with E-state index in [0.29, 0.717) is 35.2 Å². The second-order valence-corrected chi connectivity index (χ2v) is 6.55. The molecule has 0 aliphatic carbocycles. The molecule has 1 aromatic heterocycles. The molecule has 1 aliphatic heterocycles. The largest absolute Gasteiger partial charge is 0.494 e. The SMILES string of the molecule is COc1cc2c(CC(=O)O)c(C)n(C(=O)N3CCN(C)CC3)c2cc1F. The van der Waals surface area contributed by atoms with Crippen molar-refractivity contribution in [3.63, 3.8) is 0 Å². The first-order valence-electron chi connectivity index (χ1n) is 8.40. The van der Waals surface area contributed by atoms with Gasteiger partial charge in [-0.3, -0.25) is 9.36 Å². The number of halogens is 1. The van der Waals surface area contributed by atoms with Crippen LogP contribution in [0, 0.1) is 12.7 Å². The van der Waals surface area contributed by atoms with Gasteiger partial charge in [0, 0.05) is 43.3 Å². The summed E-state index contributed by atoms with van der Waals surface area (Å²) in [5, 5.41) is 9.76. The number of piperazine rings is 1. The van der Waals surface area contributed by atoms with Crippen LogP contribution in [-0.4, -0.2) is 71.8 Å². The van der Waals surface area contributed by atoms with Gasteiger partial charge in [-0.25, -0.2) is 9.18 Å². The van der Waals surface area contributed by atoms with Gasteiger partial charge in [0.2, 0.25) is 0 Å². The topological polar surface area (TPSA) is 75.0 Å². The molecule has 2 aromatic rings. The van der Waals surface area contributed by atoms with E-state index >= 15 is 0 Å². The Morgan fingerprint density at radius 2 is 1.88 bits per heavy atom. The van der Waals surface area contributed by atoms with Crippen LogP contribution in [0.2, 0.25) is 0 Å². The molecular weight excluding hydrogens is 341 g/mol. The zero-order valence-electron chi connectivity index (χ0n) is 15.1. The number of nitrogens with zero attached hydrogens (tertiary/aromatic N) is 3. The van der Waals surface area contributed by atoms with E-state index in [-0.39, 0.29) is 18.2 Å². The third-order valence-electron chi connectivity index (χ3n) is 4.90. The quantitative estimate of drug-likeness (QED) is 0.902. The number of likely N-dealkylation sites (N-methyl/N-ethyl adjacent to an activating group) is 1. The van der Waals surface area contributed by atoms with Crippen molar-refractivity contribution in [2.45, 2.75) is 13.3 Å². The molecule has 8 heteroatoms. The van der Waals surface area contributed by atoms with Crippen LogP contribution in [0.1, 0.15) is 11.3 Å². The van der Waals surface area contributed by atoms with Gasteiger partial charge in [-0.1, -0.05) is 0 Å². The summed E-state index contributed by atoms with van der Waals surface area (Å²) in [5.74, 6) is -1.58. The standard InChI is InChI=1S/C18H22FN3O4/c1-11-12(9-17(23)24)13-8-16(26-3)14(19)10-15(13)22(11)18(25)21-6-4-20(2)5-7-21/h8,10H,4-7,9H2,1-3H3,(H,23,24). The lowest BCUT2D eigenvalue weighted by Crippen LogP contribution is -2.48. The number of aliphatic carboxylic acids is 1. The Morgan fingerprint density at radius 3 is 2.46 bits per heavy atom. The Bertz CT molecular complexity index is 869. The van der Waals surface area contributed by atoms with Crippen LogP contribution in [0.15, 0.2) is 12.1 Å². The number of carboxylic acid groups (broad SMARTS) is 1. The normalized spacial score (nSPS) is 15.5. The van der Waals surface area contributed by atoms with Crippen molar-refractivity contribution in [1.82, 2.24) is 14.4 Å². The molecule has 0 atom stereocenters. The summed E-state index contributed by atoms with van der Waals surface area (Å²) in [6.45, 7) is 4.35. The van der Waals surface area contributed by atoms with Gasteiger partial charge in [-0.05, 0) is 25.6 Å². The maximum absolute atomic E-state index is 14.3. The summed E-state index contributed by atoms with van der Waals surface area (Å²) in [6, 6.07) is 2.44. The maximum Gasteiger partial charge on any atom is 0.328 e. The number of ether oxygens (including phenoxy) is 1. The molecule has 1 fully saturated rings. The fourth-order valence-corrected chi connectivity index (χ4v) is 3.40. The van der Waals surface area contributed by atoms with Gasteiger partial charge < -0.3 is 19.6 Å². The molecule has 0 spiro atoms. The predicted molar refractivity (Wildman–Crippen MR) is 94.4 cm³/mol. The number of hydrogen-bond acceptors (Lipinski definition) is 4. The molecule has 1 aromatic carbocycles. The van der Waals surface area contributed by atoms with E-state index in [0.717, 1.165) is 13.1 Å². The fourth-order valence-electron chi connectivity index (χ4n) is 3.40. The Morgan fingerprint density at radius 1 is 1.23 bits per heavy atom. The summed E-state index contributed by atoms with van der Waals surface area (Å²) >= 11 is 0. The molecule has 0 bridgehead atoms. The minimum atomic E-state index is -1.01. The number of rotatable bonds is 3. The molecule has 0 radical (unpaired) electrons. The van der Waals surface area contributed by atoms with E-state index in [2.05, 4.69) is 4.90 Å². The monoisotopic (exact) mass is 363 g/mol. The smallest absolute Gasteiger partial charge is 0.328 e. The van der Waals surface area contributed by atoms with Gasteiger partial charge in [-0.2, -0.15) is 0 Å². The van der Waals surface area contributed by atoms with Gasteiger partial charge in [0.1, 0.15) is 0 Å². The highest BCUT2D eigenvalue weighted by Gasteiger charge is 2.27. The lowest BCUT2D eigenvalue weighted by atomic mass is 10.1. The molecular formula is C18H22FN3O4. The second kappa shape index (κ2) is 6.95. The minimum Gasteiger partial charge on any atom is -0.494 e. The summed E-state index contributed by atoms with van der Waals surface area (Å²) in [7, 11) is 3.34. The molecule has 3 rings (SSSR count). The fraction of sp³-hybridized carbons (Fsp3) is 0.444. The Balaban J connectivity index is 2.14. The average Bonchev–Trinajstić information content (AvgIpc) is 2.85. The number of hydrogen-bond donors (Lipinski definition) is 1. The van der Waals surface area contributed by atoms with E-state index < -0.39 is 11.8 Å². The summed E-state index contributed by atoms with van der Waals surface area (Å²) in [6.07, 6.45) is -0.250. The molecule has 7 nitrogen and oxygen atoms in total. The van der Waals surface area contributed by atoms with E-state index in [1.165, 1.54) is 23.8 Å². The first-order valence-corrected chi connectivity index (χ1v) is 8.40. The van der Waals surface area contributed by atoms with E-state index in [1.54, 1.807) is 11.8 Å². The molecule has 0 unspecified atom stereocenters. The van der Waals surface area contributed by atoms with Crippen LogP contribution in [0.3, 0.4) is 0 Å². The number of fused-ring (bicyclic) bond motifs is 1. The van der Waals surface area contributed by atoms with Crippen LogP contribution in [-0.2, 0) is 11.2 Å². The van der Waals surface area contributed by atoms with Gasteiger partial charge in [0.15, 0.2) is 11.6 Å². The third kappa shape index (κ3) is 3.12. The van der Waals surface area contributed by atoms with Gasteiger partial charge >= 0.3 is 12.0 Å². The average molecular weight is 363 g/mol. The van der Waals surface area contributed by atoms with Crippen LogP contribution in [0.5, 0.6) is 5.75 Å². The molecule has 1 amide bonds. The summed E-state index contributed by atoms with van der Waals surface area (Å²) in [5.41, 5.74) is 1.37. The number of aromatic nitrogens is 1. The zero-order valence-corrected chi connectivity index (χ0v) is 15.1. The van der Waals surface area contributed by atoms with Crippen molar-refractivity contribution in [2.24, 2.45) is 0 Å². The molecule has 2 heterocycles. The second-order valence-electron chi connectivity index (χ2n) is 6.55. The van der Waals surface area contributed by atoms with Crippen molar-refractivity contribution in [3.8, 4) is 5.75 Å². The molecule has 1 N–H and O–H groups in total. The van der Waals surface area contributed by atoms with Crippen molar-refractivity contribution in [3.05, 3.63) is 29.2 Å². The lowest BCUT2D eigenvalue weighted by Gasteiger charge is -2.32. The Kier molecular flexibility index (Phi) is 4.86. The highest BCUT2D eigenvalue weighted by molar-refractivity contribution is 5.97. The highest BCUT2D eigenvalue weighted by Crippen LogP contribution is 2.32. The number of carbonyl (C=O) groups excluding carboxylic acids is 1. The van der Waals surface area contributed by atoms with Crippen molar-refractivity contribution in [2.75, 3.05) is 40.3 Å². The third-order valence-corrected chi connectivity index (χ3v) is 4.90. The van der Waals surface area contributed by atoms with Gasteiger partial charge in [0.05, 0.1) is 19.0 Å². The molecule has 1 saturated heterocycles. The van der Waals surface area contributed by atoms with Gasteiger partial charge in [-0.15, -0.1) is 0 Å². The van der Waals surface area contributed by atoms with Crippen LogP contribution in [0.4, 0.5) is 9.18 Å². The molecule has 1 aliphatic rings. The first kappa shape index (κ1) is 18.2. The molecule has 140 valence electrons. The Hall–Kier alpha value is -2.61. The predicted octanol–water partition coefficient (Wildman–Crippen LogP) is 1.94. The van der Waals surface area contributed by atoms with Crippen LogP contribution < -0.4 is 4.74 Å². The van der Waals surface area contributed by atoms with E-state index in [4.69, 9.17) is 4.74 Å². The lowest BCUT2D eigenvalue weighted by molar-refractivity contribution is -0.136. The number of amides is 1. The molecule has 26 heavy (non-hydrogen) atoms. The van der Waals surface area contributed by atoms with E-state index in [1.807, 2.05) is 7.05 Å². The van der Waals surface area contributed by atoms with Crippen molar-refractivity contribution in [1.29, 1.82) is 0 Å². The van der Waals surface area contributed by atoms with Crippen molar-refractivity contribution >= 4 is 22.9 Å². The van der Waals surface area contributed by atoms with Gasteiger partial charge in [0.25, 0.3) is 0 Å². The van der Waals surface area contributed by atoms with Crippen molar-refractivity contribution < 1.29 is 23.8 Å². The number of carbonyl (C=O) groups is 2. The summed E-state index contributed by atoms with van der Waals surface area (Å²) < 4.78 is 20.7.